The van der Waals surface area contributed by atoms with Crippen molar-refractivity contribution in [2.75, 3.05) is 6.54 Å². The summed E-state index contributed by atoms with van der Waals surface area (Å²) in [6, 6.07) is 12.8. The molecule has 2 fully saturated rings. The maximum absolute atomic E-state index is 12.9. The van der Waals surface area contributed by atoms with E-state index >= 15 is 0 Å². The molecule has 2 atom stereocenters. The van der Waals surface area contributed by atoms with E-state index in [9.17, 15) is 9.59 Å². The van der Waals surface area contributed by atoms with Gasteiger partial charge in [0.2, 0.25) is 11.8 Å². The highest BCUT2D eigenvalue weighted by Gasteiger charge is 2.42. The molecule has 4 rings (SSSR count). The number of thiophene rings is 1. The van der Waals surface area contributed by atoms with E-state index in [1.165, 1.54) is 5.56 Å². The van der Waals surface area contributed by atoms with Crippen LogP contribution in [0.1, 0.15) is 54.7 Å². The van der Waals surface area contributed by atoms with Crippen molar-refractivity contribution < 1.29 is 9.59 Å². The summed E-state index contributed by atoms with van der Waals surface area (Å²) in [5.74, 6) is -0.114. The molecule has 5 heteroatoms. The summed E-state index contributed by atoms with van der Waals surface area (Å²) in [5.41, 5.74) is 2.41. The lowest BCUT2D eigenvalue weighted by molar-refractivity contribution is -0.129. The van der Waals surface area contributed by atoms with Gasteiger partial charge in [-0.2, -0.15) is 0 Å². The van der Waals surface area contributed by atoms with E-state index in [2.05, 4.69) is 42.6 Å². The standard InChI is InChI=1S/C22H26N2O2S/c1-2-4-15-6-8-16(9-7-15)21(19-5-3-12-27-19)23-22(26)17-13-20(25)24(14-17)18-10-11-18/h3,5-9,12,17-18,21H,2,4,10-11,13-14H2,1H3,(H,23,26)/t17-,21-/m1/s1. The van der Waals surface area contributed by atoms with Crippen LogP contribution in [-0.4, -0.2) is 29.3 Å². The number of benzene rings is 1. The van der Waals surface area contributed by atoms with Gasteiger partial charge in [0.15, 0.2) is 0 Å². The minimum atomic E-state index is -0.236. The monoisotopic (exact) mass is 382 g/mol. The fraction of sp³-hybridized carbons (Fsp3) is 0.455. The highest BCUT2D eigenvalue weighted by atomic mass is 32.1. The van der Waals surface area contributed by atoms with E-state index < -0.39 is 0 Å². The van der Waals surface area contributed by atoms with Gasteiger partial charge in [0.05, 0.1) is 12.0 Å². The minimum Gasteiger partial charge on any atom is -0.344 e. The molecule has 2 amide bonds. The van der Waals surface area contributed by atoms with Crippen molar-refractivity contribution in [1.82, 2.24) is 10.2 Å². The summed E-state index contributed by atoms with van der Waals surface area (Å²) in [6.45, 7) is 2.75. The van der Waals surface area contributed by atoms with Crippen LogP contribution in [0, 0.1) is 5.92 Å². The molecule has 27 heavy (non-hydrogen) atoms. The molecule has 1 saturated carbocycles. The van der Waals surface area contributed by atoms with Crippen LogP contribution < -0.4 is 5.32 Å². The van der Waals surface area contributed by atoms with Gasteiger partial charge in [0.1, 0.15) is 0 Å². The van der Waals surface area contributed by atoms with Gasteiger partial charge in [-0.15, -0.1) is 11.3 Å². The summed E-state index contributed by atoms with van der Waals surface area (Å²) in [5, 5.41) is 5.26. The van der Waals surface area contributed by atoms with Gasteiger partial charge >= 0.3 is 0 Å². The number of hydrogen-bond donors (Lipinski definition) is 1. The first-order chi connectivity index (χ1) is 13.2. The molecule has 0 radical (unpaired) electrons. The van der Waals surface area contributed by atoms with Crippen LogP contribution in [-0.2, 0) is 16.0 Å². The number of nitrogens with zero attached hydrogens (tertiary/aromatic N) is 1. The van der Waals surface area contributed by atoms with E-state index in [4.69, 9.17) is 0 Å². The molecular weight excluding hydrogens is 356 g/mol. The van der Waals surface area contributed by atoms with Crippen LogP contribution in [0.2, 0.25) is 0 Å². The van der Waals surface area contributed by atoms with Crippen LogP contribution in [0.5, 0.6) is 0 Å². The zero-order valence-electron chi connectivity index (χ0n) is 15.7. The fourth-order valence-corrected chi connectivity index (χ4v) is 4.65. The number of amides is 2. The summed E-state index contributed by atoms with van der Waals surface area (Å²) in [6.07, 6.45) is 4.70. The predicted octanol–water partition coefficient (Wildman–Crippen LogP) is 3.92. The minimum absolute atomic E-state index is 0.0115. The Hall–Kier alpha value is -2.14. The number of nitrogens with one attached hydrogen (secondary N) is 1. The van der Waals surface area contributed by atoms with E-state index in [1.54, 1.807) is 11.3 Å². The molecule has 1 aliphatic heterocycles. The Bertz CT molecular complexity index is 796. The van der Waals surface area contributed by atoms with E-state index in [0.717, 1.165) is 36.1 Å². The first-order valence-electron chi connectivity index (χ1n) is 9.87. The summed E-state index contributed by atoms with van der Waals surface area (Å²) in [4.78, 5) is 28.2. The number of likely N-dealkylation sites (tertiary alicyclic amines) is 1. The lowest BCUT2D eigenvalue weighted by atomic mass is 10.0. The quantitative estimate of drug-likeness (QED) is 0.789. The van der Waals surface area contributed by atoms with Crippen molar-refractivity contribution in [2.24, 2.45) is 5.92 Å². The Balaban J connectivity index is 1.50. The molecule has 142 valence electrons. The second kappa shape index (κ2) is 7.85. The van der Waals surface area contributed by atoms with E-state index in [-0.39, 0.29) is 23.8 Å². The van der Waals surface area contributed by atoms with Crippen LogP contribution in [0.25, 0.3) is 0 Å². The number of rotatable bonds is 7. The van der Waals surface area contributed by atoms with Crippen molar-refractivity contribution in [3.8, 4) is 0 Å². The fourth-order valence-electron chi connectivity index (χ4n) is 3.85. The van der Waals surface area contributed by atoms with Gasteiger partial charge in [0.25, 0.3) is 0 Å². The first kappa shape index (κ1) is 18.2. The molecule has 2 aromatic rings. The average molecular weight is 383 g/mol. The van der Waals surface area contributed by atoms with Gasteiger partial charge in [-0.1, -0.05) is 43.7 Å². The van der Waals surface area contributed by atoms with Crippen molar-refractivity contribution in [2.45, 2.75) is 51.1 Å². The zero-order chi connectivity index (χ0) is 18.8. The van der Waals surface area contributed by atoms with Gasteiger partial charge in [-0.3, -0.25) is 9.59 Å². The number of hydrogen-bond acceptors (Lipinski definition) is 3. The van der Waals surface area contributed by atoms with Gasteiger partial charge in [0, 0.05) is 23.9 Å². The molecule has 0 spiro atoms. The maximum atomic E-state index is 12.9. The lowest BCUT2D eigenvalue weighted by Crippen LogP contribution is -2.36. The topological polar surface area (TPSA) is 49.4 Å². The van der Waals surface area contributed by atoms with Crippen molar-refractivity contribution in [1.29, 1.82) is 0 Å². The molecule has 4 nitrogen and oxygen atoms in total. The lowest BCUT2D eigenvalue weighted by Gasteiger charge is -2.21. The third-order valence-electron chi connectivity index (χ3n) is 5.48. The van der Waals surface area contributed by atoms with Gasteiger partial charge < -0.3 is 10.2 Å². The Labute approximate surface area is 164 Å². The SMILES string of the molecule is CCCc1ccc([C@@H](NC(=O)[C@@H]2CC(=O)N(C3CC3)C2)c2cccs2)cc1. The molecule has 1 aromatic heterocycles. The first-order valence-corrected chi connectivity index (χ1v) is 10.8. The van der Waals surface area contributed by atoms with Gasteiger partial charge in [-0.05, 0) is 41.8 Å². The van der Waals surface area contributed by atoms with Crippen molar-refractivity contribution >= 4 is 23.2 Å². The number of aryl methyl sites for hydroxylation is 1. The zero-order valence-corrected chi connectivity index (χ0v) is 16.5. The molecule has 0 unspecified atom stereocenters. The number of carbonyl (C=O) groups is 2. The van der Waals surface area contributed by atoms with Gasteiger partial charge in [-0.25, -0.2) is 0 Å². The largest absolute Gasteiger partial charge is 0.344 e. The molecule has 1 N–H and O–H groups in total. The molecular formula is C22H26N2O2S. The van der Waals surface area contributed by atoms with Crippen LogP contribution in [0.15, 0.2) is 41.8 Å². The highest BCUT2D eigenvalue weighted by Crippen LogP contribution is 2.33. The number of carbonyl (C=O) groups excluding carboxylic acids is 2. The van der Waals surface area contributed by atoms with Crippen molar-refractivity contribution in [3.05, 3.63) is 57.8 Å². The summed E-state index contributed by atoms with van der Waals surface area (Å²) >= 11 is 1.65. The third kappa shape index (κ3) is 4.08. The van der Waals surface area contributed by atoms with Crippen LogP contribution in [0.4, 0.5) is 0 Å². The Morgan fingerprint density at radius 2 is 2.04 bits per heavy atom. The Kier molecular flexibility index (Phi) is 5.30. The predicted molar refractivity (Wildman–Crippen MR) is 108 cm³/mol. The Morgan fingerprint density at radius 1 is 1.26 bits per heavy atom. The normalized spacial score (nSPS) is 20.7. The summed E-state index contributed by atoms with van der Waals surface area (Å²) in [7, 11) is 0. The van der Waals surface area contributed by atoms with Crippen LogP contribution >= 0.6 is 11.3 Å². The second-order valence-corrected chi connectivity index (χ2v) is 8.61. The molecule has 1 aromatic carbocycles. The third-order valence-corrected chi connectivity index (χ3v) is 6.42. The summed E-state index contributed by atoms with van der Waals surface area (Å²) < 4.78 is 0. The maximum Gasteiger partial charge on any atom is 0.226 e. The van der Waals surface area contributed by atoms with E-state index in [0.29, 0.717) is 19.0 Å². The highest BCUT2D eigenvalue weighted by molar-refractivity contribution is 7.10. The molecule has 2 aliphatic rings. The molecule has 0 bridgehead atoms. The molecule has 2 heterocycles. The average Bonchev–Trinajstić information content (AvgIpc) is 3.21. The molecule has 1 saturated heterocycles. The van der Waals surface area contributed by atoms with Crippen molar-refractivity contribution in [3.63, 3.8) is 0 Å². The molecule has 1 aliphatic carbocycles. The van der Waals surface area contributed by atoms with E-state index in [1.807, 2.05) is 16.3 Å². The van der Waals surface area contributed by atoms with Crippen LogP contribution in [0.3, 0.4) is 0 Å². The smallest absolute Gasteiger partial charge is 0.226 e. The second-order valence-electron chi connectivity index (χ2n) is 7.63. The Morgan fingerprint density at radius 3 is 2.67 bits per heavy atom.